The van der Waals surface area contributed by atoms with Crippen molar-refractivity contribution in [3.05, 3.63) is 16.1 Å². The molecular weight excluding hydrogens is 202 g/mol. The zero-order valence-corrected chi connectivity index (χ0v) is 8.91. The van der Waals surface area contributed by atoms with Gasteiger partial charge in [-0.05, 0) is 0 Å². The predicted molar refractivity (Wildman–Crippen MR) is 53.4 cm³/mol. The summed E-state index contributed by atoms with van der Waals surface area (Å²) in [5.74, 6) is -0.692. The van der Waals surface area contributed by atoms with Crippen molar-refractivity contribution in [2.24, 2.45) is 0 Å². The first-order valence-corrected chi connectivity index (χ1v) is 5.18. The minimum Gasteiger partial charge on any atom is -0.481 e. The van der Waals surface area contributed by atoms with Crippen molar-refractivity contribution in [2.75, 3.05) is 0 Å². The van der Waals surface area contributed by atoms with Crippen LogP contribution >= 0.6 is 11.3 Å². The molecule has 0 amide bonds. The number of carbonyl (C=O) groups is 1. The van der Waals surface area contributed by atoms with Crippen LogP contribution in [0.3, 0.4) is 0 Å². The normalized spacial score (nSPS) is 13.1. The molecule has 78 valence electrons. The number of carboxylic acid groups (broad SMARTS) is 1. The Morgan fingerprint density at radius 1 is 1.64 bits per heavy atom. The molecule has 0 spiro atoms. The van der Waals surface area contributed by atoms with E-state index in [0.717, 1.165) is 5.01 Å². The molecule has 0 fully saturated rings. The molecule has 2 N–H and O–H groups in total. The first-order valence-electron chi connectivity index (χ1n) is 4.36. The van der Waals surface area contributed by atoms with Crippen LogP contribution in [0.5, 0.6) is 0 Å². The van der Waals surface area contributed by atoms with E-state index in [9.17, 15) is 9.90 Å². The number of hydrogen-bond acceptors (Lipinski definition) is 4. The van der Waals surface area contributed by atoms with Gasteiger partial charge < -0.3 is 10.2 Å². The Balaban J connectivity index is 2.71. The topological polar surface area (TPSA) is 70.4 Å². The zero-order valence-electron chi connectivity index (χ0n) is 8.10. The molecule has 1 atom stereocenters. The lowest BCUT2D eigenvalue weighted by atomic mass is 10.2. The molecule has 5 heteroatoms. The first-order chi connectivity index (χ1) is 6.50. The molecule has 14 heavy (non-hydrogen) atoms. The average molecular weight is 215 g/mol. The van der Waals surface area contributed by atoms with Gasteiger partial charge in [-0.1, -0.05) is 13.8 Å². The number of aliphatic carboxylic acids is 1. The molecule has 1 aromatic rings. The predicted octanol–water partition coefficient (Wildman–Crippen LogP) is 1.77. The van der Waals surface area contributed by atoms with Gasteiger partial charge in [0.25, 0.3) is 0 Å². The maximum Gasteiger partial charge on any atom is 0.306 e. The average Bonchev–Trinajstić information content (AvgIpc) is 2.50. The minimum atomic E-state index is -1.00. The van der Waals surface area contributed by atoms with Crippen LogP contribution in [0, 0.1) is 0 Å². The van der Waals surface area contributed by atoms with Crippen LogP contribution in [0.2, 0.25) is 0 Å². The molecule has 0 aliphatic carbocycles. The lowest BCUT2D eigenvalue weighted by Crippen LogP contribution is -2.03. The van der Waals surface area contributed by atoms with Gasteiger partial charge in [-0.15, -0.1) is 11.3 Å². The van der Waals surface area contributed by atoms with E-state index in [0.29, 0.717) is 10.8 Å². The molecule has 0 aliphatic heterocycles. The van der Waals surface area contributed by atoms with Gasteiger partial charge in [0.2, 0.25) is 0 Å². The van der Waals surface area contributed by atoms with Crippen LogP contribution in [0.1, 0.15) is 42.2 Å². The van der Waals surface area contributed by atoms with E-state index < -0.39 is 12.1 Å². The number of rotatable bonds is 4. The van der Waals surface area contributed by atoms with E-state index in [4.69, 9.17) is 5.11 Å². The fourth-order valence-electron chi connectivity index (χ4n) is 0.988. The van der Waals surface area contributed by atoms with E-state index in [2.05, 4.69) is 4.98 Å². The van der Waals surface area contributed by atoms with Crippen molar-refractivity contribution < 1.29 is 15.0 Å². The van der Waals surface area contributed by atoms with Crippen LogP contribution in [0.15, 0.2) is 6.20 Å². The molecule has 1 rings (SSSR count). The number of hydrogen-bond donors (Lipinski definition) is 2. The summed E-state index contributed by atoms with van der Waals surface area (Å²) in [6.07, 6.45) is 0.352. The first kappa shape index (κ1) is 11.1. The summed E-state index contributed by atoms with van der Waals surface area (Å²) in [5.41, 5.74) is 0. The summed E-state index contributed by atoms with van der Waals surface area (Å²) >= 11 is 1.37. The van der Waals surface area contributed by atoms with Gasteiger partial charge in [-0.2, -0.15) is 0 Å². The number of thiazole rings is 1. The summed E-state index contributed by atoms with van der Waals surface area (Å²) in [4.78, 5) is 15.1. The van der Waals surface area contributed by atoms with Gasteiger partial charge in [-0.25, -0.2) is 4.98 Å². The highest BCUT2D eigenvalue weighted by Crippen LogP contribution is 2.27. The summed E-state index contributed by atoms with van der Waals surface area (Å²) in [6, 6.07) is 0. The van der Waals surface area contributed by atoms with Gasteiger partial charge in [-0.3, -0.25) is 4.79 Å². The SMILES string of the molecule is CC(C)c1ncc([C@H](O)CC(=O)O)s1. The van der Waals surface area contributed by atoms with Crippen molar-refractivity contribution in [3.63, 3.8) is 0 Å². The molecule has 0 aliphatic rings. The number of carboxylic acids is 1. The summed E-state index contributed by atoms with van der Waals surface area (Å²) in [7, 11) is 0. The fraction of sp³-hybridized carbons (Fsp3) is 0.556. The third-order valence-corrected chi connectivity index (χ3v) is 3.13. The maximum absolute atomic E-state index is 10.3. The number of aromatic nitrogens is 1. The standard InChI is InChI=1S/C9H13NO3S/c1-5(2)9-10-4-7(14-9)6(11)3-8(12)13/h4-6,11H,3H2,1-2H3,(H,12,13)/t6-/m1/s1. The summed E-state index contributed by atoms with van der Waals surface area (Å²) in [6.45, 7) is 4.01. The quantitative estimate of drug-likeness (QED) is 0.803. The second-order valence-electron chi connectivity index (χ2n) is 3.37. The second-order valence-corrected chi connectivity index (χ2v) is 4.46. The van der Waals surface area contributed by atoms with Crippen LogP contribution in [-0.4, -0.2) is 21.2 Å². The number of aliphatic hydroxyl groups excluding tert-OH is 1. The van der Waals surface area contributed by atoms with Crippen molar-refractivity contribution in [2.45, 2.75) is 32.3 Å². The van der Waals surface area contributed by atoms with Gasteiger partial charge in [0.1, 0.15) is 6.10 Å². The molecule has 1 aromatic heterocycles. The van der Waals surface area contributed by atoms with E-state index in [1.165, 1.54) is 11.3 Å². The highest BCUT2D eigenvalue weighted by atomic mass is 32.1. The van der Waals surface area contributed by atoms with E-state index >= 15 is 0 Å². The number of aliphatic hydroxyl groups is 1. The minimum absolute atomic E-state index is 0.264. The molecule has 0 saturated heterocycles. The molecular formula is C9H13NO3S. The molecule has 0 radical (unpaired) electrons. The van der Waals surface area contributed by atoms with E-state index in [1.807, 2.05) is 13.8 Å². The van der Waals surface area contributed by atoms with Crippen LogP contribution in [0.25, 0.3) is 0 Å². The smallest absolute Gasteiger partial charge is 0.306 e. The molecule has 4 nitrogen and oxygen atoms in total. The van der Waals surface area contributed by atoms with E-state index in [1.54, 1.807) is 6.20 Å². The largest absolute Gasteiger partial charge is 0.481 e. The zero-order chi connectivity index (χ0) is 10.7. The lowest BCUT2D eigenvalue weighted by molar-refractivity contribution is -0.139. The Hall–Kier alpha value is -0.940. The lowest BCUT2D eigenvalue weighted by Gasteiger charge is -2.03. The Kier molecular flexibility index (Phi) is 3.60. The highest BCUT2D eigenvalue weighted by molar-refractivity contribution is 7.11. The summed E-state index contributed by atoms with van der Waals surface area (Å²) in [5, 5.41) is 18.9. The van der Waals surface area contributed by atoms with Gasteiger partial charge >= 0.3 is 5.97 Å². The summed E-state index contributed by atoms with van der Waals surface area (Å²) < 4.78 is 0. The van der Waals surface area contributed by atoms with Crippen molar-refractivity contribution in [3.8, 4) is 0 Å². The van der Waals surface area contributed by atoms with Crippen molar-refractivity contribution in [1.29, 1.82) is 0 Å². The Morgan fingerprint density at radius 3 is 2.71 bits per heavy atom. The Morgan fingerprint density at radius 2 is 2.29 bits per heavy atom. The Labute approximate surface area is 86.2 Å². The highest BCUT2D eigenvalue weighted by Gasteiger charge is 2.16. The number of nitrogens with zero attached hydrogens (tertiary/aromatic N) is 1. The third kappa shape index (κ3) is 2.78. The van der Waals surface area contributed by atoms with Crippen molar-refractivity contribution >= 4 is 17.3 Å². The van der Waals surface area contributed by atoms with Crippen LogP contribution < -0.4 is 0 Å². The molecule has 1 heterocycles. The Bertz CT molecular complexity index is 322. The van der Waals surface area contributed by atoms with E-state index in [-0.39, 0.29) is 6.42 Å². The van der Waals surface area contributed by atoms with Crippen LogP contribution in [-0.2, 0) is 4.79 Å². The fourth-order valence-corrected chi connectivity index (χ4v) is 1.90. The molecule has 0 saturated carbocycles. The second kappa shape index (κ2) is 4.52. The molecule has 0 aromatic carbocycles. The van der Waals surface area contributed by atoms with Gasteiger partial charge in [0, 0.05) is 12.1 Å². The monoisotopic (exact) mass is 215 g/mol. The third-order valence-electron chi connectivity index (χ3n) is 1.73. The van der Waals surface area contributed by atoms with Crippen molar-refractivity contribution in [1.82, 2.24) is 4.98 Å². The molecule has 0 bridgehead atoms. The van der Waals surface area contributed by atoms with Gasteiger partial charge in [0.15, 0.2) is 0 Å². The van der Waals surface area contributed by atoms with Gasteiger partial charge in [0.05, 0.1) is 16.3 Å². The van der Waals surface area contributed by atoms with Crippen LogP contribution in [0.4, 0.5) is 0 Å². The molecule has 0 unspecified atom stereocenters. The maximum atomic E-state index is 10.3.